The standard InChI is InChI=1S/C22H25N3O3/c1-15-11-16(22(26)27)13-24(12-15)14-21-23-19-5-3-4-6-20(19)25(21)17-7-9-18(28-2)10-8-17/h3-10,15-16H,11-14H2,1-2H3,(H,26,27). The minimum absolute atomic E-state index is 0.317. The van der Waals surface area contributed by atoms with Crippen LogP contribution in [0.5, 0.6) is 5.75 Å². The summed E-state index contributed by atoms with van der Waals surface area (Å²) in [6.07, 6.45) is 0.737. The zero-order valence-corrected chi connectivity index (χ0v) is 16.2. The van der Waals surface area contributed by atoms with E-state index in [1.54, 1.807) is 7.11 Å². The lowest BCUT2D eigenvalue weighted by Crippen LogP contribution is -2.42. The molecule has 1 N–H and O–H groups in total. The topological polar surface area (TPSA) is 67.6 Å². The quantitative estimate of drug-likeness (QED) is 0.734. The first-order valence-electron chi connectivity index (χ1n) is 9.61. The summed E-state index contributed by atoms with van der Waals surface area (Å²) in [4.78, 5) is 18.6. The van der Waals surface area contributed by atoms with E-state index in [0.29, 0.717) is 19.0 Å². The fourth-order valence-electron chi connectivity index (χ4n) is 4.17. The van der Waals surface area contributed by atoms with Gasteiger partial charge in [-0.2, -0.15) is 0 Å². The Morgan fingerprint density at radius 3 is 2.64 bits per heavy atom. The maximum absolute atomic E-state index is 11.5. The van der Waals surface area contributed by atoms with Crippen LogP contribution in [0.15, 0.2) is 48.5 Å². The third kappa shape index (κ3) is 3.60. The number of hydrogen-bond donors (Lipinski definition) is 1. The van der Waals surface area contributed by atoms with Crippen LogP contribution in [0.1, 0.15) is 19.2 Å². The summed E-state index contributed by atoms with van der Waals surface area (Å²) in [6.45, 7) is 4.18. The van der Waals surface area contributed by atoms with E-state index in [4.69, 9.17) is 9.72 Å². The maximum Gasteiger partial charge on any atom is 0.307 e. The van der Waals surface area contributed by atoms with Crippen LogP contribution in [0.25, 0.3) is 16.7 Å². The molecule has 0 radical (unpaired) electrons. The Labute approximate surface area is 164 Å². The van der Waals surface area contributed by atoms with Crippen LogP contribution in [0.3, 0.4) is 0 Å². The molecule has 0 aliphatic carbocycles. The van der Waals surface area contributed by atoms with Gasteiger partial charge in [-0.25, -0.2) is 4.98 Å². The van der Waals surface area contributed by atoms with Crippen LogP contribution in [0, 0.1) is 11.8 Å². The maximum atomic E-state index is 11.5. The molecule has 2 heterocycles. The number of ether oxygens (including phenoxy) is 1. The van der Waals surface area contributed by atoms with Gasteiger partial charge in [0.25, 0.3) is 0 Å². The van der Waals surface area contributed by atoms with E-state index in [1.165, 1.54) is 0 Å². The highest BCUT2D eigenvalue weighted by Gasteiger charge is 2.30. The number of carbonyl (C=O) groups is 1. The fraction of sp³-hybridized carbons (Fsp3) is 0.364. The summed E-state index contributed by atoms with van der Waals surface area (Å²) >= 11 is 0. The number of aliphatic carboxylic acids is 1. The summed E-state index contributed by atoms with van der Waals surface area (Å²) in [5.74, 6) is 1.06. The van der Waals surface area contributed by atoms with Crippen molar-refractivity contribution < 1.29 is 14.6 Å². The zero-order chi connectivity index (χ0) is 19.7. The molecule has 2 aromatic carbocycles. The Hall–Kier alpha value is -2.86. The monoisotopic (exact) mass is 379 g/mol. The molecule has 1 aromatic heterocycles. The molecule has 1 saturated heterocycles. The second kappa shape index (κ2) is 7.64. The number of hydrogen-bond acceptors (Lipinski definition) is 4. The van der Waals surface area contributed by atoms with E-state index in [2.05, 4.69) is 22.5 Å². The van der Waals surface area contributed by atoms with Gasteiger partial charge >= 0.3 is 5.97 Å². The van der Waals surface area contributed by atoms with Crippen molar-refractivity contribution in [2.45, 2.75) is 19.9 Å². The molecule has 146 valence electrons. The van der Waals surface area contributed by atoms with Gasteiger partial charge in [0.1, 0.15) is 11.6 Å². The zero-order valence-electron chi connectivity index (χ0n) is 16.2. The van der Waals surface area contributed by atoms with Crippen molar-refractivity contribution in [3.63, 3.8) is 0 Å². The number of carboxylic acids is 1. The third-order valence-corrected chi connectivity index (χ3v) is 5.41. The summed E-state index contributed by atoms with van der Waals surface area (Å²) in [7, 11) is 1.66. The van der Waals surface area contributed by atoms with E-state index in [9.17, 15) is 9.90 Å². The first-order valence-corrected chi connectivity index (χ1v) is 9.61. The Balaban J connectivity index is 1.71. The number of imidazole rings is 1. The first kappa shape index (κ1) is 18.5. The highest BCUT2D eigenvalue weighted by atomic mass is 16.5. The van der Waals surface area contributed by atoms with Crippen molar-refractivity contribution in [1.82, 2.24) is 14.5 Å². The van der Waals surface area contributed by atoms with E-state index in [-0.39, 0.29) is 5.92 Å². The van der Waals surface area contributed by atoms with Crippen molar-refractivity contribution in [1.29, 1.82) is 0 Å². The number of para-hydroxylation sites is 2. The van der Waals surface area contributed by atoms with Crippen LogP contribution >= 0.6 is 0 Å². The fourth-order valence-corrected chi connectivity index (χ4v) is 4.17. The number of benzene rings is 2. The van der Waals surface area contributed by atoms with Crippen LogP contribution in [0.2, 0.25) is 0 Å². The van der Waals surface area contributed by atoms with E-state index < -0.39 is 5.97 Å². The summed E-state index contributed by atoms with van der Waals surface area (Å²) in [5.41, 5.74) is 3.00. The molecule has 6 nitrogen and oxygen atoms in total. The molecule has 0 amide bonds. The lowest BCUT2D eigenvalue weighted by molar-refractivity contribution is -0.144. The first-order chi connectivity index (χ1) is 13.5. The molecule has 2 atom stereocenters. The Morgan fingerprint density at radius 1 is 1.18 bits per heavy atom. The van der Waals surface area contributed by atoms with E-state index >= 15 is 0 Å². The predicted octanol–water partition coefficient (Wildman–Crippen LogP) is 3.58. The lowest BCUT2D eigenvalue weighted by Gasteiger charge is -2.34. The van der Waals surface area contributed by atoms with Crippen LogP contribution in [-0.2, 0) is 11.3 Å². The predicted molar refractivity (Wildman–Crippen MR) is 108 cm³/mol. The smallest absolute Gasteiger partial charge is 0.307 e. The second-order valence-electron chi connectivity index (χ2n) is 7.62. The number of aromatic nitrogens is 2. The average Bonchev–Trinajstić information content (AvgIpc) is 3.05. The average molecular weight is 379 g/mol. The SMILES string of the molecule is COc1ccc(-n2c(CN3CC(C)CC(C(=O)O)C3)nc3ccccc32)cc1. The third-order valence-electron chi connectivity index (χ3n) is 5.41. The van der Waals surface area contributed by atoms with Crippen LogP contribution < -0.4 is 4.74 Å². The van der Waals surface area contributed by atoms with Crippen molar-refractivity contribution >= 4 is 17.0 Å². The minimum Gasteiger partial charge on any atom is -0.497 e. The van der Waals surface area contributed by atoms with Gasteiger partial charge in [0.05, 0.1) is 30.6 Å². The second-order valence-corrected chi connectivity index (χ2v) is 7.62. The molecule has 0 spiro atoms. The summed E-state index contributed by atoms with van der Waals surface area (Å²) in [5, 5.41) is 9.48. The van der Waals surface area contributed by atoms with Gasteiger partial charge in [0.15, 0.2) is 0 Å². The number of nitrogens with zero attached hydrogens (tertiary/aromatic N) is 3. The number of rotatable bonds is 5. The van der Waals surface area contributed by atoms with Crippen LogP contribution in [-0.4, -0.2) is 45.7 Å². The summed E-state index contributed by atoms with van der Waals surface area (Å²) in [6, 6.07) is 16.0. The highest BCUT2D eigenvalue weighted by molar-refractivity contribution is 5.78. The number of fused-ring (bicyclic) bond motifs is 1. The minimum atomic E-state index is -0.708. The van der Waals surface area contributed by atoms with E-state index in [0.717, 1.165) is 41.3 Å². The molecule has 0 saturated carbocycles. The summed E-state index contributed by atoms with van der Waals surface area (Å²) < 4.78 is 7.44. The molecule has 6 heteroatoms. The number of carboxylic acid groups (broad SMARTS) is 1. The van der Waals surface area contributed by atoms with Crippen molar-refractivity contribution in [3.05, 3.63) is 54.4 Å². The number of piperidine rings is 1. The number of likely N-dealkylation sites (tertiary alicyclic amines) is 1. The molecule has 1 aliphatic heterocycles. The molecule has 0 bridgehead atoms. The van der Waals surface area contributed by atoms with Gasteiger partial charge in [-0.15, -0.1) is 0 Å². The Bertz CT molecular complexity index is 980. The molecule has 28 heavy (non-hydrogen) atoms. The van der Waals surface area contributed by atoms with Gasteiger partial charge in [-0.05, 0) is 48.7 Å². The van der Waals surface area contributed by atoms with Crippen LogP contribution in [0.4, 0.5) is 0 Å². The van der Waals surface area contributed by atoms with Gasteiger partial charge in [-0.1, -0.05) is 19.1 Å². The molecule has 2 unspecified atom stereocenters. The molecule has 1 fully saturated rings. The Kier molecular flexibility index (Phi) is 5.05. The molecule has 3 aromatic rings. The molecule has 1 aliphatic rings. The van der Waals surface area contributed by atoms with Gasteiger partial charge in [0.2, 0.25) is 0 Å². The van der Waals surface area contributed by atoms with Crippen molar-refractivity contribution in [3.8, 4) is 11.4 Å². The van der Waals surface area contributed by atoms with Gasteiger partial charge < -0.3 is 9.84 Å². The molecule has 4 rings (SSSR count). The van der Waals surface area contributed by atoms with Gasteiger partial charge in [-0.3, -0.25) is 14.3 Å². The molecular formula is C22H25N3O3. The largest absolute Gasteiger partial charge is 0.497 e. The van der Waals surface area contributed by atoms with Crippen molar-refractivity contribution in [2.75, 3.05) is 20.2 Å². The normalized spacial score (nSPS) is 20.4. The van der Waals surface area contributed by atoms with Crippen molar-refractivity contribution in [2.24, 2.45) is 11.8 Å². The lowest BCUT2D eigenvalue weighted by atomic mass is 9.90. The highest BCUT2D eigenvalue weighted by Crippen LogP contribution is 2.27. The van der Waals surface area contributed by atoms with E-state index in [1.807, 2.05) is 42.5 Å². The number of methoxy groups -OCH3 is 1. The Morgan fingerprint density at radius 2 is 1.93 bits per heavy atom. The van der Waals surface area contributed by atoms with Gasteiger partial charge in [0, 0.05) is 18.8 Å². The molecular weight excluding hydrogens is 354 g/mol.